The summed E-state index contributed by atoms with van der Waals surface area (Å²) in [6, 6.07) is 4.53. The minimum absolute atomic E-state index is 0.00397. The number of primary amides is 1. The SMILES string of the molecule is CCOc1ccc(C(=O)N2CCN(S(=O)(=O)c3cc(C(N)=O)n(C)c3)CC2)cn1. The molecule has 0 saturated carbocycles. The first kappa shape index (κ1) is 20.8. The predicted octanol–water partition coefficient (Wildman–Crippen LogP) is 0.0644. The van der Waals surface area contributed by atoms with Gasteiger partial charge in [-0.3, -0.25) is 9.59 Å². The van der Waals surface area contributed by atoms with Gasteiger partial charge in [-0.2, -0.15) is 4.31 Å². The Bertz CT molecular complexity index is 1010. The first-order valence-electron chi connectivity index (χ1n) is 9.08. The van der Waals surface area contributed by atoms with Gasteiger partial charge in [0.05, 0.1) is 12.2 Å². The summed E-state index contributed by atoms with van der Waals surface area (Å²) in [6.45, 7) is 3.14. The second-order valence-corrected chi connectivity index (χ2v) is 8.49. The van der Waals surface area contributed by atoms with Gasteiger partial charge in [-0.25, -0.2) is 13.4 Å². The first-order valence-corrected chi connectivity index (χ1v) is 10.5. The fourth-order valence-corrected chi connectivity index (χ4v) is 4.62. The van der Waals surface area contributed by atoms with E-state index in [1.165, 1.54) is 27.3 Å². The van der Waals surface area contributed by atoms with Gasteiger partial charge >= 0.3 is 0 Å². The van der Waals surface area contributed by atoms with Crippen molar-refractivity contribution in [2.45, 2.75) is 11.8 Å². The van der Waals surface area contributed by atoms with E-state index in [4.69, 9.17) is 10.5 Å². The lowest BCUT2D eigenvalue weighted by Gasteiger charge is -2.33. The van der Waals surface area contributed by atoms with E-state index in [1.54, 1.807) is 24.1 Å². The summed E-state index contributed by atoms with van der Waals surface area (Å²) in [6.07, 6.45) is 2.81. The highest BCUT2D eigenvalue weighted by Gasteiger charge is 2.32. The molecule has 0 aliphatic carbocycles. The highest BCUT2D eigenvalue weighted by molar-refractivity contribution is 7.89. The van der Waals surface area contributed by atoms with Gasteiger partial charge in [-0.05, 0) is 19.1 Å². The third-order valence-electron chi connectivity index (χ3n) is 4.67. The number of pyridine rings is 1. The van der Waals surface area contributed by atoms with Crippen LogP contribution in [-0.4, -0.2) is 71.8 Å². The summed E-state index contributed by atoms with van der Waals surface area (Å²) in [7, 11) is -2.23. The summed E-state index contributed by atoms with van der Waals surface area (Å²) in [5.41, 5.74) is 5.78. The van der Waals surface area contributed by atoms with Gasteiger partial charge in [0.2, 0.25) is 15.9 Å². The Hall–Kier alpha value is -2.92. The molecule has 3 heterocycles. The Balaban J connectivity index is 1.67. The number of amides is 2. The zero-order chi connectivity index (χ0) is 21.2. The molecule has 2 aromatic rings. The molecule has 2 amide bonds. The minimum Gasteiger partial charge on any atom is -0.478 e. The summed E-state index contributed by atoms with van der Waals surface area (Å²) in [4.78, 5) is 29.7. The number of nitrogens with zero attached hydrogens (tertiary/aromatic N) is 4. The number of hydrogen-bond donors (Lipinski definition) is 1. The smallest absolute Gasteiger partial charge is 0.265 e. The van der Waals surface area contributed by atoms with Gasteiger partial charge in [0.1, 0.15) is 10.6 Å². The van der Waals surface area contributed by atoms with Crippen molar-refractivity contribution in [2.24, 2.45) is 12.8 Å². The Labute approximate surface area is 168 Å². The number of aryl methyl sites for hydroxylation is 1. The lowest BCUT2D eigenvalue weighted by Crippen LogP contribution is -2.50. The predicted molar refractivity (Wildman–Crippen MR) is 104 cm³/mol. The van der Waals surface area contributed by atoms with E-state index in [-0.39, 0.29) is 42.7 Å². The van der Waals surface area contributed by atoms with Crippen molar-refractivity contribution in [3.05, 3.63) is 41.9 Å². The van der Waals surface area contributed by atoms with Gasteiger partial charge in [-0.15, -0.1) is 0 Å². The van der Waals surface area contributed by atoms with E-state index in [9.17, 15) is 18.0 Å². The van der Waals surface area contributed by atoms with Crippen molar-refractivity contribution in [3.63, 3.8) is 0 Å². The fourth-order valence-electron chi connectivity index (χ4n) is 3.12. The second-order valence-electron chi connectivity index (χ2n) is 6.55. The number of ether oxygens (including phenoxy) is 1. The molecule has 1 aliphatic rings. The fraction of sp³-hybridized carbons (Fsp3) is 0.389. The first-order chi connectivity index (χ1) is 13.7. The van der Waals surface area contributed by atoms with Crippen molar-refractivity contribution in [3.8, 4) is 5.88 Å². The quantitative estimate of drug-likeness (QED) is 0.703. The normalized spacial score (nSPS) is 15.3. The summed E-state index contributed by atoms with van der Waals surface area (Å²) < 4.78 is 33.7. The number of hydrogen-bond acceptors (Lipinski definition) is 6. The van der Waals surface area contributed by atoms with Gasteiger partial charge in [0.25, 0.3) is 11.8 Å². The number of carbonyl (C=O) groups excluding carboxylic acids is 2. The molecule has 1 fully saturated rings. The number of rotatable bonds is 6. The number of carbonyl (C=O) groups is 2. The largest absolute Gasteiger partial charge is 0.478 e. The molecule has 2 N–H and O–H groups in total. The molecular formula is C18H23N5O5S. The average molecular weight is 421 g/mol. The summed E-state index contributed by atoms with van der Waals surface area (Å²) in [5.74, 6) is -0.472. The van der Waals surface area contributed by atoms with Crippen LogP contribution < -0.4 is 10.5 Å². The molecule has 1 aliphatic heterocycles. The van der Waals surface area contributed by atoms with Crippen LogP contribution in [0.25, 0.3) is 0 Å². The molecule has 10 nitrogen and oxygen atoms in total. The van der Waals surface area contributed by atoms with Crippen LogP contribution >= 0.6 is 0 Å². The number of nitrogens with two attached hydrogens (primary N) is 1. The van der Waals surface area contributed by atoms with E-state index < -0.39 is 15.9 Å². The molecule has 29 heavy (non-hydrogen) atoms. The van der Waals surface area contributed by atoms with Gasteiger partial charge in [0, 0.05) is 51.7 Å². The third-order valence-corrected chi connectivity index (χ3v) is 6.54. The maximum Gasteiger partial charge on any atom is 0.265 e. The van der Waals surface area contributed by atoms with Crippen molar-refractivity contribution < 1.29 is 22.7 Å². The highest BCUT2D eigenvalue weighted by Crippen LogP contribution is 2.21. The average Bonchev–Trinajstić information content (AvgIpc) is 3.11. The number of aromatic nitrogens is 2. The van der Waals surface area contributed by atoms with Crippen LogP contribution in [0.2, 0.25) is 0 Å². The zero-order valence-corrected chi connectivity index (χ0v) is 17.1. The van der Waals surface area contributed by atoms with Gasteiger partial charge in [-0.1, -0.05) is 0 Å². The maximum atomic E-state index is 12.9. The lowest BCUT2D eigenvalue weighted by molar-refractivity contribution is 0.0697. The molecule has 3 rings (SSSR count). The number of piperazine rings is 1. The minimum atomic E-state index is -3.79. The Morgan fingerprint density at radius 1 is 1.21 bits per heavy atom. The second kappa shape index (κ2) is 8.21. The number of sulfonamides is 1. The van der Waals surface area contributed by atoms with Crippen LogP contribution in [0, 0.1) is 0 Å². The standard InChI is InChI=1S/C18H23N5O5S/c1-3-28-16-5-4-13(11-20-16)18(25)22-6-8-23(9-7-22)29(26,27)14-10-15(17(19)24)21(2)12-14/h4-5,10-12H,3,6-9H2,1-2H3,(H2,19,24). The molecule has 0 spiro atoms. The van der Waals surface area contributed by atoms with Crippen molar-refractivity contribution in [1.82, 2.24) is 18.8 Å². The van der Waals surface area contributed by atoms with Crippen molar-refractivity contribution in [1.29, 1.82) is 0 Å². The van der Waals surface area contributed by atoms with E-state index in [0.717, 1.165) is 0 Å². The van der Waals surface area contributed by atoms with E-state index in [2.05, 4.69) is 4.98 Å². The van der Waals surface area contributed by atoms with Crippen LogP contribution in [0.3, 0.4) is 0 Å². The topological polar surface area (TPSA) is 128 Å². The molecule has 2 aromatic heterocycles. The van der Waals surface area contributed by atoms with Gasteiger partial charge < -0.3 is 19.9 Å². The molecule has 11 heteroatoms. The molecule has 0 atom stereocenters. The Kier molecular flexibility index (Phi) is 5.89. The molecule has 0 bridgehead atoms. The van der Waals surface area contributed by atoms with Crippen molar-refractivity contribution in [2.75, 3.05) is 32.8 Å². The summed E-state index contributed by atoms with van der Waals surface area (Å²) in [5, 5.41) is 0. The summed E-state index contributed by atoms with van der Waals surface area (Å²) >= 11 is 0. The van der Waals surface area contributed by atoms with Crippen molar-refractivity contribution >= 4 is 21.8 Å². The molecule has 0 aromatic carbocycles. The van der Waals surface area contributed by atoms with Crippen LogP contribution in [-0.2, 0) is 17.1 Å². The zero-order valence-electron chi connectivity index (χ0n) is 16.2. The van der Waals surface area contributed by atoms with Crippen LogP contribution in [0.4, 0.5) is 0 Å². The third kappa shape index (κ3) is 4.25. The molecule has 0 unspecified atom stereocenters. The molecule has 1 saturated heterocycles. The van der Waals surface area contributed by atoms with Gasteiger partial charge in [0.15, 0.2) is 0 Å². The van der Waals surface area contributed by atoms with Crippen LogP contribution in [0.15, 0.2) is 35.5 Å². The Morgan fingerprint density at radius 3 is 2.41 bits per heavy atom. The lowest BCUT2D eigenvalue weighted by atomic mass is 10.2. The molecule has 0 radical (unpaired) electrons. The molecular weight excluding hydrogens is 398 g/mol. The van der Waals surface area contributed by atoms with E-state index in [0.29, 0.717) is 18.1 Å². The van der Waals surface area contributed by atoms with E-state index >= 15 is 0 Å². The monoisotopic (exact) mass is 421 g/mol. The molecule has 156 valence electrons. The Morgan fingerprint density at radius 2 is 1.90 bits per heavy atom. The van der Waals surface area contributed by atoms with Crippen LogP contribution in [0.5, 0.6) is 5.88 Å². The maximum absolute atomic E-state index is 12.9. The van der Waals surface area contributed by atoms with Crippen LogP contribution in [0.1, 0.15) is 27.8 Å². The highest BCUT2D eigenvalue weighted by atomic mass is 32.2. The van der Waals surface area contributed by atoms with E-state index in [1.807, 2.05) is 6.92 Å².